The molecule has 17 heavy (non-hydrogen) atoms. The second kappa shape index (κ2) is 5.31. The highest BCUT2D eigenvalue weighted by molar-refractivity contribution is 5.34. The lowest BCUT2D eigenvalue weighted by molar-refractivity contribution is 0.593. The topological polar surface area (TPSA) is 50.2 Å². The van der Waals surface area contributed by atoms with E-state index in [-0.39, 0.29) is 5.56 Å². The maximum atomic E-state index is 12.1. The van der Waals surface area contributed by atoms with Gasteiger partial charge in [0.2, 0.25) is 0 Å². The Morgan fingerprint density at radius 3 is 3.12 bits per heavy atom. The molecule has 0 aliphatic carbocycles. The summed E-state index contributed by atoms with van der Waals surface area (Å²) in [5, 5.41) is 3.43. The second-order valence-electron chi connectivity index (χ2n) is 4.52. The Hall–Kier alpha value is -1.36. The van der Waals surface area contributed by atoms with Crippen LogP contribution in [-0.2, 0) is 6.54 Å². The van der Waals surface area contributed by atoms with Crippen molar-refractivity contribution >= 4 is 5.82 Å². The lowest BCUT2D eigenvalue weighted by Gasteiger charge is -2.21. The third-order valence-corrected chi connectivity index (χ3v) is 3.25. The maximum absolute atomic E-state index is 12.1. The van der Waals surface area contributed by atoms with Gasteiger partial charge in [0, 0.05) is 38.6 Å². The Kier molecular flexibility index (Phi) is 3.78. The third kappa shape index (κ3) is 2.66. The highest BCUT2D eigenvalue weighted by atomic mass is 16.1. The fraction of sp³-hybridized carbons (Fsp3) is 0.667. The largest absolute Gasteiger partial charge is 0.354 e. The van der Waals surface area contributed by atoms with E-state index in [9.17, 15) is 4.79 Å². The fourth-order valence-electron chi connectivity index (χ4n) is 2.28. The van der Waals surface area contributed by atoms with Crippen LogP contribution in [0.2, 0.25) is 0 Å². The number of hydrogen-bond acceptors (Lipinski definition) is 4. The van der Waals surface area contributed by atoms with Gasteiger partial charge in [-0.05, 0) is 26.3 Å². The van der Waals surface area contributed by atoms with Gasteiger partial charge < -0.3 is 14.8 Å². The number of rotatable bonds is 4. The van der Waals surface area contributed by atoms with Gasteiger partial charge in [-0.3, -0.25) is 4.79 Å². The van der Waals surface area contributed by atoms with Crippen molar-refractivity contribution in [3.63, 3.8) is 0 Å². The molecule has 0 spiro atoms. The van der Waals surface area contributed by atoms with Crippen molar-refractivity contribution in [1.82, 2.24) is 14.9 Å². The molecule has 5 nitrogen and oxygen atoms in total. The molecule has 1 aliphatic rings. The van der Waals surface area contributed by atoms with E-state index in [1.165, 1.54) is 12.8 Å². The summed E-state index contributed by atoms with van der Waals surface area (Å²) in [5.41, 5.74) is -0.00417. The van der Waals surface area contributed by atoms with Crippen LogP contribution in [0, 0.1) is 0 Å². The minimum atomic E-state index is -0.00417. The zero-order valence-electron chi connectivity index (χ0n) is 10.5. The zero-order chi connectivity index (χ0) is 12.3. The summed E-state index contributed by atoms with van der Waals surface area (Å²) in [7, 11) is 1.93. The molecule has 0 saturated carbocycles. The summed E-state index contributed by atoms with van der Waals surface area (Å²) in [6.45, 7) is 4.57. The normalized spacial score (nSPS) is 19.5. The molecule has 5 heteroatoms. The van der Waals surface area contributed by atoms with Gasteiger partial charge in [-0.1, -0.05) is 0 Å². The first kappa shape index (κ1) is 12.1. The summed E-state index contributed by atoms with van der Waals surface area (Å²) in [6.07, 6.45) is 5.82. The van der Waals surface area contributed by atoms with Crippen molar-refractivity contribution in [2.24, 2.45) is 0 Å². The van der Waals surface area contributed by atoms with E-state index in [0.717, 1.165) is 13.1 Å². The average molecular weight is 236 g/mol. The molecule has 1 N–H and O–H groups in total. The zero-order valence-corrected chi connectivity index (χ0v) is 10.5. The Balaban J connectivity index is 2.12. The Morgan fingerprint density at radius 1 is 1.65 bits per heavy atom. The number of nitrogens with zero attached hydrogens (tertiary/aromatic N) is 3. The van der Waals surface area contributed by atoms with Crippen molar-refractivity contribution in [1.29, 1.82) is 0 Å². The van der Waals surface area contributed by atoms with Gasteiger partial charge in [-0.15, -0.1) is 0 Å². The van der Waals surface area contributed by atoms with Gasteiger partial charge in [0.05, 0.1) is 0 Å². The minimum absolute atomic E-state index is 0.00417. The highest BCUT2D eigenvalue weighted by Crippen LogP contribution is 2.09. The second-order valence-corrected chi connectivity index (χ2v) is 4.52. The molecular weight excluding hydrogens is 216 g/mol. The van der Waals surface area contributed by atoms with E-state index < -0.39 is 0 Å². The summed E-state index contributed by atoms with van der Waals surface area (Å²) in [4.78, 5) is 18.2. The summed E-state index contributed by atoms with van der Waals surface area (Å²) in [6, 6.07) is 0.483. The molecular formula is C12H20N4O. The van der Waals surface area contributed by atoms with E-state index in [0.29, 0.717) is 18.4 Å². The molecule has 0 amide bonds. The Labute approximate surface area is 101 Å². The van der Waals surface area contributed by atoms with Crippen LogP contribution in [0.25, 0.3) is 0 Å². The molecule has 2 heterocycles. The van der Waals surface area contributed by atoms with E-state index in [1.54, 1.807) is 17.0 Å². The standard InChI is InChI=1S/C12H20N4O/c1-3-16-8-7-14-11(12(16)17)15(2)9-10-5-4-6-13-10/h7-8,10,13H,3-6,9H2,1-2H3. The lowest BCUT2D eigenvalue weighted by Crippen LogP contribution is -2.39. The molecule has 1 aromatic rings. The van der Waals surface area contributed by atoms with Crippen molar-refractivity contribution in [3.8, 4) is 0 Å². The average Bonchev–Trinajstić information content (AvgIpc) is 2.82. The van der Waals surface area contributed by atoms with Crippen molar-refractivity contribution in [2.75, 3.05) is 25.0 Å². The smallest absolute Gasteiger partial charge is 0.293 e. The molecule has 1 aliphatic heterocycles. The van der Waals surface area contributed by atoms with Crippen LogP contribution in [-0.4, -0.2) is 35.7 Å². The van der Waals surface area contributed by atoms with Crippen LogP contribution in [0.15, 0.2) is 17.2 Å². The molecule has 1 aromatic heterocycles. The van der Waals surface area contributed by atoms with E-state index in [2.05, 4.69) is 10.3 Å². The lowest BCUT2D eigenvalue weighted by atomic mass is 10.2. The van der Waals surface area contributed by atoms with Gasteiger partial charge in [0.25, 0.3) is 5.56 Å². The van der Waals surface area contributed by atoms with Crippen molar-refractivity contribution in [3.05, 3.63) is 22.7 Å². The van der Waals surface area contributed by atoms with Crippen LogP contribution in [0.5, 0.6) is 0 Å². The van der Waals surface area contributed by atoms with Gasteiger partial charge >= 0.3 is 0 Å². The van der Waals surface area contributed by atoms with Crippen LogP contribution >= 0.6 is 0 Å². The number of anilines is 1. The van der Waals surface area contributed by atoms with Gasteiger partial charge in [-0.2, -0.15) is 0 Å². The molecule has 1 fully saturated rings. The monoisotopic (exact) mass is 236 g/mol. The van der Waals surface area contributed by atoms with E-state index in [1.807, 2.05) is 18.9 Å². The molecule has 0 aromatic carbocycles. The van der Waals surface area contributed by atoms with Crippen molar-refractivity contribution < 1.29 is 0 Å². The highest BCUT2D eigenvalue weighted by Gasteiger charge is 2.18. The fourth-order valence-corrected chi connectivity index (χ4v) is 2.28. The van der Waals surface area contributed by atoms with Gasteiger partial charge in [0.1, 0.15) is 0 Å². The molecule has 1 atom stereocenters. The number of nitrogens with one attached hydrogen (secondary N) is 1. The first-order valence-electron chi connectivity index (χ1n) is 6.22. The molecule has 2 rings (SSSR count). The summed E-state index contributed by atoms with van der Waals surface area (Å²) < 4.78 is 1.68. The maximum Gasteiger partial charge on any atom is 0.293 e. The molecule has 0 bridgehead atoms. The minimum Gasteiger partial charge on any atom is -0.354 e. The first-order chi connectivity index (χ1) is 8.22. The summed E-state index contributed by atoms with van der Waals surface area (Å²) >= 11 is 0. The predicted octanol–water partition coefficient (Wildman–Crippen LogP) is 0.451. The number of aromatic nitrogens is 2. The summed E-state index contributed by atoms with van der Waals surface area (Å²) in [5.74, 6) is 0.544. The number of aryl methyl sites for hydroxylation is 1. The first-order valence-corrected chi connectivity index (χ1v) is 6.22. The number of hydrogen-bond donors (Lipinski definition) is 1. The predicted molar refractivity (Wildman–Crippen MR) is 68.5 cm³/mol. The molecule has 1 saturated heterocycles. The van der Waals surface area contributed by atoms with Gasteiger partial charge in [-0.25, -0.2) is 4.98 Å². The van der Waals surface area contributed by atoms with Crippen LogP contribution in [0.3, 0.4) is 0 Å². The Morgan fingerprint density at radius 2 is 2.47 bits per heavy atom. The van der Waals surface area contributed by atoms with Crippen molar-refractivity contribution in [2.45, 2.75) is 32.4 Å². The van der Waals surface area contributed by atoms with E-state index >= 15 is 0 Å². The SMILES string of the molecule is CCn1ccnc(N(C)CC2CCCN2)c1=O. The van der Waals surface area contributed by atoms with Crippen LogP contribution in [0.4, 0.5) is 5.82 Å². The van der Waals surface area contributed by atoms with Crippen LogP contribution in [0.1, 0.15) is 19.8 Å². The van der Waals surface area contributed by atoms with Gasteiger partial charge in [0.15, 0.2) is 5.82 Å². The number of likely N-dealkylation sites (N-methyl/N-ethyl adjacent to an activating group) is 1. The molecule has 1 unspecified atom stereocenters. The van der Waals surface area contributed by atoms with E-state index in [4.69, 9.17) is 0 Å². The molecule has 0 radical (unpaired) electrons. The van der Waals surface area contributed by atoms with Crippen LogP contribution < -0.4 is 15.8 Å². The molecule has 94 valence electrons. The quantitative estimate of drug-likeness (QED) is 0.824. The Bertz CT molecular complexity index is 423. The third-order valence-electron chi connectivity index (χ3n) is 3.25.